The van der Waals surface area contributed by atoms with Crippen molar-refractivity contribution in [2.24, 2.45) is 5.73 Å². The van der Waals surface area contributed by atoms with E-state index in [0.29, 0.717) is 0 Å². The van der Waals surface area contributed by atoms with E-state index in [-0.39, 0.29) is 0 Å². The summed E-state index contributed by atoms with van der Waals surface area (Å²) in [5.74, 6) is 0. The molecule has 0 bridgehead atoms. The van der Waals surface area contributed by atoms with E-state index < -0.39 is 5.17 Å². The molecule has 0 saturated heterocycles. The lowest BCUT2D eigenvalue weighted by Crippen LogP contribution is -2.33. The van der Waals surface area contributed by atoms with Crippen molar-refractivity contribution in [1.82, 2.24) is 4.90 Å². The molecule has 204 valence electrons. The number of thiocarbonyl (C=S) groups is 2. The maximum atomic E-state index is 7.56. The van der Waals surface area contributed by atoms with Crippen LogP contribution < -0.4 is 5.73 Å². The lowest BCUT2D eigenvalue weighted by molar-refractivity contribution is 0.230. The fourth-order valence-electron chi connectivity index (χ4n) is 3.95. The molecule has 0 aromatic carbocycles. The molecule has 0 heterocycles. The van der Waals surface area contributed by atoms with Crippen LogP contribution >= 0.6 is 24.4 Å². The Hall–Kier alpha value is -0.620. The van der Waals surface area contributed by atoms with Gasteiger partial charge in [0.15, 0.2) is 0 Å². The largest absolute Gasteiger partial charge is 0.487 e. The summed E-state index contributed by atoms with van der Waals surface area (Å²) in [5, 5.41) is 7.83. The van der Waals surface area contributed by atoms with Gasteiger partial charge in [-0.2, -0.15) is 0 Å². The van der Waals surface area contributed by atoms with E-state index in [1.165, 1.54) is 122 Å². The second kappa shape index (κ2) is 30.4. The predicted molar refractivity (Wildman–Crippen MR) is 159 cm³/mol. The minimum atomic E-state index is -0.500. The van der Waals surface area contributed by atoms with E-state index in [4.69, 9.17) is 22.1 Å². The van der Waals surface area contributed by atoms with Gasteiger partial charge in [0, 0.05) is 13.1 Å². The quantitative estimate of drug-likeness (QED) is 0.104. The Balaban J connectivity index is 0. The van der Waals surface area contributed by atoms with Crippen molar-refractivity contribution in [3.8, 4) is 0 Å². The molecule has 3 N–H and O–H groups in total. The van der Waals surface area contributed by atoms with Crippen molar-refractivity contribution in [3.63, 3.8) is 0 Å². The molecule has 0 aliphatic carbocycles. The third-order valence-electron chi connectivity index (χ3n) is 6.04. The first-order valence-corrected chi connectivity index (χ1v) is 15.2. The van der Waals surface area contributed by atoms with Crippen molar-refractivity contribution in [1.29, 1.82) is 0 Å². The second-order valence-electron chi connectivity index (χ2n) is 9.45. The molecule has 0 amide bonds. The van der Waals surface area contributed by atoms with Crippen LogP contribution in [0.2, 0.25) is 0 Å². The van der Waals surface area contributed by atoms with Crippen LogP contribution in [0.1, 0.15) is 149 Å². The van der Waals surface area contributed by atoms with Gasteiger partial charge in [0.1, 0.15) is 0 Å². The predicted octanol–water partition coefficient (Wildman–Crippen LogP) is 9.24. The van der Waals surface area contributed by atoms with Gasteiger partial charge < -0.3 is 20.5 Å². The van der Waals surface area contributed by atoms with Gasteiger partial charge in [-0.25, -0.2) is 0 Å². The highest BCUT2D eigenvalue weighted by Crippen LogP contribution is 2.12. The third-order valence-corrected chi connectivity index (χ3v) is 6.42. The van der Waals surface area contributed by atoms with Crippen LogP contribution in [-0.4, -0.2) is 40.1 Å². The van der Waals surface area contributed by atoms with Gasteiger partial charge in [-0.3, -0.25) is 0 Å². The molecule has 0 fully saturated rings. The summed E-state index contributed by atoms with van der Waals surface area (Å²) in [6, 6.07) is 0. The zero-order valence-electron chi connectivity index (χ0n) is 23.0. The highest BCUT2D eigenvalue weighted by atomic mass is 32.1. The van der Waals surface area contributed by atoms with E-state index in [9.17, 15) is 0 Å². The van der Waals surface area contributed by atoms with Gasteiger partial charge in [-0.05, 0) is 43.7 Å². The average Bonchev–Trinajstić information content (AvgIpc) is 2.80. The van der Waals surface area contributed by atoms with Crippen LogP contribution in [0.5, 0.6) is 0 Å². The summed E-state index contributed by atoms with van der Waals surface area (Å²) in [7, 11) is 0. The minimum absolute atomic E-state index is 0.500. The number of aliphatic hydroxyl groups excluding tert-OH is 1. The summed E-state index contributed by atoms with van der Waals surface area (Å²) >= 11 is 9.52. The lowest BCUT2D eigenvalue weighted by atomic mass is 10.1. The van der Waals surface area contributed by atoms with Gasteiger partial charge in [0.05, 0.1) is 6.61 Å². The molecule has 6 heteroatoms. The summed E-state index contributed by atoms with van der Waals surface area (Å²) in [5.41, 5.74) is 4.40. The van der Waals surface area contributed by atoms with Crippen LogP contribution in [0, 0.1) is 0 Å². The zero-order chi connectivity index (χ0) is 25.7. The molecule has 0 rings (SSSR count). The van der Waals surface area contributed by atoms with Crippen molar-refractivity contribution >= 4 is 34.8 Å². The highest BCUT2D eigenvalue weighted by molar-refractivity contribution is 7.80. The first kappa shape index (κ1) is 35.5. The maximum absolute atomic E-state index is 7.56. The molecular weight excluding hydrogens is 460 g/mol. The average molecular weight is 519 g/mol. The number of hydrogen-bond donors (Lipinski definition) is 2. The SMILES string of the molecule is CCCCCCCCCCN(CCCCCCCCCC)C(=S)OCCCCCC.NC(O)=S. The molecule has 0 radical (unpaired) electrons. The van der Waals surface area contributed by atoms with Crippen molar-refractivity contribution in [2.45, 2.75) is 149 Å². The van der Waals surface area contributed by atoms with Crippen LogP contribution in [0.25, 0.3) is 0 Å². The van der Waals surface area contributed by atoms with Crippen molar-refractivity contribution < 1.29 is 9.84 Å². The van der Waals surface area contributed by atoms with E-state index in [0.717, 1.165) is 31.3 Å². The van der Waals surface area contributed by atoms with E-state index in [2.05, 4.69) is 43.6 Å². The summed E-state index contributed by atoms with van der Waals surface area (Å²) in [6.07, 6.45) is 26.8. The normalized spacial score (nSPS) is 10.4. The number of ether oxygens (including phenoxy) is 1. The molecule has 0 unspecified atom stereocenters. The fourth-order valence-corrected chi connectivity index (χ4v) is 4.21. The first-order valence-electron chi connectivity index (χ1n) is 14.4. The minimum Gasteiger partial charge on any atom is -0.487 e. The van der Waals surface area contributed by atoms with Gasteiger partial charge >= 0.3 is 0 Å². The third kappa shape index (κ3) is 31.4. The molecule has 0 aliphatic rings. The molecule has 0 spiro atoms. The van der Waals surface area contributed by atoms with Crippen molar-refractivity contribution in [3.05, 3.63) is 0 Å². The number of nitrogens with zero attached hydrogens (tertiary/aromatic N) is 1. The second-order valence-corrected chi connectivity index (χ2v) is 10.2. The van der Waals surface area contributed by atoms with Gasteiger partial charge in [0.2, 0.25) is 0 Å². The maximum Gasteiger partial charge on any atom is 0.259 e. The Bertz CT molecular complexity index is 413. The number of rotatable bonds is 23. The summed E-state index contributed by atoms with van der Waals surface area (Å²) in [4.78, 5) is 2.36. The lowest BCUT2D eigenvalue weighted by Gasteiger charge is -2.25. The summed E-state index contributed by atoms with van der Waals surface area (Å²) < 4.78 is 5.95. The Labute approximate surface area is 223 Å². The van der Waals surface area contributed by atoms with E-state index >= 15 is 0 Å². The fraction of sp³-hybridized carbons (Fsp3) is 0.929. The zero-order valence-corrected chi connectivity index (χ0v) is 24.6. The van der Waals surface area contributed by atoms with Gasteiger partial charge in [-0.15, -0.1) is 0 Å². The number of aliphatic hydroxyl groups is 1. The Morgan fingerprint density at radius 2 is 0.882 bits per heavy atom. The Kier molecular flexibility index (Phi) is 31.8. The molecule has 34 heavy (non-hydrogen) atoms. The standard InChI is InChI=1S/C27H55NOS.CH3NOS/c1-4-7-10-13-15-17-19-21-24-28(27(30)29-26-23-12-9-6-3)25-22-20-18-16-14-11-8-5-2;2-1(3)4/h4-26H2,1-3H3;(H3,2,3,4). The van der Waals surface area contributed by atoms with Crippen LogP contribution in [0.4, 0.5) is 0 Å². The first-order chi connectivity index (χ1) is 16.5. The van der Waals surface area contributed by atoms with Crippen LogP contribution in [0.3, 0.4) is 0 Å². The van der Waals surface area contributed by atoms with Crippen molar-refractivity contribution in [2.75, 3.05) is 19.7 Å². The molecule has 0 aromatic rings. The van der Waals surface area contributed by atoms with Crippen LogP contribution in [-0.2, 0) is 4.74 Å². The topological polar surface area (TPSA) is 58.7 Å². The molecule has 4 nitrogen and oxygen atoms in total. The molecule has 0 aromatic heterocycles. The monoisotopic (exact) mass is 518 g/mol. The smallest absolute Gasteiger partial charge is 0.259 e. The number of nitrogens with two attached hydrogens (primary N) is 1. The molecule has 0 aliphatic heterocycles. The molecule has 0 saturated carbocycles. The number of hydrogen-bond acceptors (Lipinski definition) is 3. The van der Waals surface area contributed by atoms with Crippen LogP contribution in [0.15, 0.2) is 0 Å². The highest BCUT2D eigenvalue weighted by Gasteiger charge is 2.10. The van der Waals surface area contributed by atoms with E-state index in [1.807, 2.05) is 0 Å². The number of unbranched alkanes of at least 4 members (excludes halogenated alkanes) is 17. The van der Waals surface area contributed by atoms with Gasteiger partial charge in [-0.1, -0.05) is 130 Å². The van der Waals surface area contributed by atoms with E-state index in [1.54, 1.807) is 0 Å². The summed E-state index contributed by atoms with van der Waals surface area (Å²) in [6.45, 7) is 9.79. The Morgan fingerprint density at radius 1 is 0.588 bits per heavy atom. The Morgan fingerprint density at radius 3 is 1.24 bits per heavy atom. The molecular formula is C28H58N2O2S2. The van der Waals surface area contributed by atoms with Gasteiger partial charge in [0.25, 0.3) is 10.3 Å². The molecule has 0 atom stereocenters.